The molecule has 7 nitrogen and oxygen atoms in total. The lowest BCUT2D eigenvalue weighted by atomic mass is 9.98. The number of rotatable bonds is 2. The lowest BCUT2D eigenvalue weighted by molar-refractivity contribution is 0.685. The molecule has 4 aromatic rings. The highest BCUT2D eigenvalue weighted by atomic mass is 16.1. The first-order valence-corrected chi connectivity index (χ1v) is 10.0. The summed E-state index contributed by atoms with van der Waals surface area (Å²) in [6, 6.07) is 7.64. The third-order valence-electron chi connectivity index (χ3n) is 5.64. The van der Waals surface area contributed by atoms with Gasteiger partial charge in [-0.3, -0.25) is 14.8 Å². The standard InChI is InChI=1S/C23H22N6O/c1-14-8-16(3)25-12-19(14)17-10-18-13-28(7-5-20(18)26-11-17)23-15(2)9-21-24-6-4-22(30)29(21)27-23/h4,6,8-12H,5,7,13H2,1-3H3. The van der Waals surface area contributed by atoms with Crippen LogP contribution in [0.25, 0.3) is 16.8 Å². The normalized spacial score (nSPS) is 13.5. The molecule has 1 aliphatic heterocycles. The van der Waals surface area contributed by atoms with Crippen LogP contribution in [0.3, 0.4) is 0 Å². The zero-order chi connectivity index (χ0) is 20.8. The average molecular weight is 398 g/mol. The molecule has 5 rings (SSSR count). The summed E-state index contributed by atoms with van der Waals surface area (Å²) in [6.07, 6.45) is 6.22. The van der Waals surface area contributed by atoms with Crippen LogP contribution < -0.4 is 10.5 Å². The summed E-state index contributed by atoms with van der Waals surface area (Å²) in [6.45, 7) is 7.61. The molecular formula is C23H22N6O. The van der Waals surface area contributed by atoms with Crippen molar-refractivity contribution in [3.8, 4) is 11.1 Å². The van der Waals surface area contributed by atoms with Crippen molar-refractivity contribution in [1.82, 2.24) is 24.6 Å². The van der Waals surface area contributed by atoms with E-state index in [0.717, 1.165) is 46.9 Å². The fourth-order valence-electron chi connectivity index (χ4n) is 4.11. The van der Waals surface area contributed by atoms with Gasteiger partial charge in [-0.2, -0.15) is 4.52 Å². The predicted molar refractivity (Wildman–Crippen MR) is 116 cm³/mol. The maximum absolute atomic E-state index is 12.2. The van der Waals surface area contributed by atoms with Gasteiger partial charge in [-0.25, -0.2) is 4.98 Å². The van der Waals surface area contributed by atoms with Crippen LogP contribution in [0.1, 0.15) is 28.1 Å². The maximum Gasteiger partial charge on any atom is 0.274 e. The highest BCUT2D eigenvalue weighted by Gasteiger charge is 2.22. The van der Waals surface area contributed by atoms with Crippen molar-refractivity contribution in [3.63, 3.8) is 0 Å². The molecular weight excluding hydrogens is 376 g/mol. The van der Waals surface area contributed by atoms with E-state index in [9.17, 15) is 4.79 Å². The van der Waals surface area contributed by atoms with Gasteiger partial charge in [0.1, 0.15) is 0 Å². The van der Waals surface area contributed by atoms with E-state index in [0.29, 0.717) is 12.2 Å². The lowest BCUT2D eigenvalue weighted by Gasteiger charge is -2.30. The van der Waals surface area contributed by atoms with Crippen LogP contribution in [0.4, 0.5) is 5.82 Å². The number of anilines is 1. The van der Waals surface area contributed by atoms with Crippen molar-refractivity contribution in [2.45, 2.75) is 33.7 Å². The highest BCUT2D eigenvalue weighted by molar-refractivity contribution is 5.67. The Labute approximate surface area is 174 Å². The molecule has 0 aliphatic carbocycles. The van der Waals surface area contributed by atoms with E-state index in [-0.39, 0.29) is 5.56 Å². The van der Waals surface area contributed by atoms with Gasteiger partial charge in [0.15, 0.2) is 11.5 Å². The van der Waals surface area contributed by atoms with Crippen molar-refractivity contribution in [2.24, 2.45) is 0 Å². The molecule has 0 amide bonds. The largest absolute Gasteiger partial charge is 0.350 e. The van der Waals surface area contributed by atoms with Gasteiger partial charge in [0.05, 0.1) is 0 Å². The molecule has 0 radical (unpaired) electrons. The molecule has 0 unspecified atom stereocenters. The molecule has 0 saturated carbocycles. The Morgan fingerprint density at radius 2 is 1.83 bits per heavy atom. The third kappa shape index (κ3) is 3.12. The molecule has 0 aromatic carbocycles. The molecule has 0 N–H and O–H groups in total. The summed E-state index contributed by atoms with van der Waals surface area (Å²) < 4.78 is 1.37. The van der Waals surface area contributed by atoms with Gasteiger partial charge >= 0.3 is 0 Å². The molecule has 30 heavy (non-hydrogen) atoms. The summed E-state index contributed by atoms with van der Waals surface area (Å²) in [5.41, 5.74) is 8.06. The third-order valence-corrected chi connectivity index (χ3v) is 5.64. The second-order valence-corrected chi connectivity index (χ2v) is 7.85. The van der Waals surface area contributed by atoms with Crippen LogP contribution in [-0.2, 0) is 13.0 Å². The van der Waals surface area contributed by atoms with Crippen LogP contribution in [0, 0.1) is 20.8 Å². The van der Waals surface area contributed by atoms with Gasteiger partial charge in [-0.15, -0.1) is 5.10 Å². The molecule has 0 bridgehead atoms. The molecule has 4 aromatic heterocycles. The Morgan fingerprint density at radius 3 is 2.67 bits per heavy atom. The van der Waals surface area contributed by atoms with Crippen LogP contribution in [0.2, 0.25) is 0 Å². The van der Waals surface area contributed by atoms with Crippen LogP contribution in [0.5, 0.6) is 0 Å². The van der Waals surface area contributed by atoms with E-state index < -0.39 is 0 Å². The smallest absolute Gasteiger partial charge is 0.274 e. The summed E-state index contributed by atoms with van der Waals surface area (Å²) in [5.74, 6) is 0.807. The Balaban J connectivity index is 1.53. The first kappa shape index (κ1) is 18.4. The molecule has 5 heterocycles. The van der Waals surface area contributed by atoms with E-state index in [2.05, 4.69) is 39.0 Å². The summed E-state index contributed by atoms with van der Waals surface area (Å²) in [7, 11) is 0. The van der Waals surface area contributed by atoms with E-state index in [4.69, 9.17) is 4.98 Å². The molecule has 0 spiro atoms. The zero-order valence-corrected chi connectivity index (χ0v) is 17.3. The fourth-order valence-corrected chi connectivity index (χ4v) is 4.11. The van der Waals surface area contributed by atoms with Gasteiger partial charge in [0.25, 0.3) is 5.56 Å². The monoisotopic (exact) mass is 398 g/mol. The van der Waals surface area contributed by atoms with Gasteiger partial charge < -0.3 is 4.90 Å². The van der Waals surface area contributed by atoms with E-state index in [1.54, 1.807) is 0 Å². The Kier molecular flexibility index (Phi) is 4.31. The molecule has 7 heteroatoms. The van der Waals surface area contributed by atoms with Crippen LogP contribution in [0.15, 0.2) is 47.7 Å². The minimum atomic E-state index is -0.176. The van der Waals surface area contributed by atoms with Crippen LogP contribution >= 0.6 is 0 Å². The van der Waals surface area contributed by atoms with Crippen molar-refractivity contribution in [3.05, 3.63) is 81.3 Å². The molecule has 0 fully saturated rings. The SMILES string of the molecule is Cc1cc(C)c(-c2cnc3c(c2)CN(c2nn4c(=O)ccnc4cc2C)CC3)cn1. The first-order valence-electron chi connectivity index (χ1n) is 10.0. The fraction of sp³-hybridized carbons (Fsp3) is 0.261. The van der Waals surface area contributed by atoms with E-state index >= 15 is 0 Å². The summed E-state index contributed by atoms with van der Waals surface area (Å²) >= 11 is 0. The zero-order valence-electron chi connectivity index (χ0n) is 17.3. The minimum absolute atomic E-state index is 0.176. The Morgan fingerprint density at radius 1 is 0.967 bits per heavy atom. The van der Waals surface area contributed by atoms with Gasteiger partial charge in [-0.05, 0) is 55.7 Å². The number of aromatic nitrogens is 5. The minimum Gasteiger partial charge on any atom is -0.350 e. The molecule has 0 saturated heterocycles. The summed E-state index contributed by atoms with van der Waals surface area (Å²) in [4.78, 5) is 27.9. The number of aryl methyl sites for hydroxylation is 3. The average Bonchev–Trinajstić information content (AvgIpc) is 2.73. The molecule has 150 valence electrons. The lowest BCUT2D eigenvalue weighted by Crippen LogP contribution is -2.33. The van der Waals surface area contributed by atoms with Crippen LogP contribution in [-0.4, -0.2) is 31.1 Å². The van der Waals surface area contributed by atoms with E-state index in [1.165, 1.54) is 27.9 Å². The maximum atomic E-state index is 12.2. The predicted octanol–water partition coefficient (Wildman–Crippen LogP) is 3.03. The van der Waals surface area contributed by atoms with Crippen molar-refractivity contribution in [2.75, 3.05) is 11.4 Å². The number of nitrogens with zero attached hydrogens (tertiary/aromatic N) is 6. The highest BCUT2D eigenvalue weighted by Crippen LogP contribution is 2.29. The number of hydrogen-bond acceptors (Lipinski definition) is 6. The number of hydrogen-bond donors (Lipinski definition) is 0. The quantitative estimate of drug-likeness (QED) is 0.517. The molecule has 1 aliphatic rings. The van der Waals surface area contributed by atoms with Crippen molar-refractivity contribution >= 4 is 11.5 Å². The van der Waals surface area contributed by atoms with Gasteiger partial charge in [0.2, 0.25) is 0 Å². The Hall–Kier alpha value is -3.61. The molecule has 0 atom stereocenters. The topological polar surface area (TPSA) is 76.3 Å². The number of pyridine rings is 2. The van der Waals surface area contributed by atoms with E-state index in [1.807, 2.05) is 32.3 Å². The first-order chi connectivity index (χ1) is 14.5. The second-order valence-electron chi connectivity index (χ2n) is 7.85. The van der Waals surface area contributed by atoms with Gasteiger partial charge in [-0.1, -0.05) is 0 Å². The van der Waals surface area contributed by atoms with Crippen molar-refractivity contribution < 1.29 is 0 Å². The number of fused-ring (bicyclic) bond motifs is 2. The van der Waals surface area contributed by atoms with Gasteiger partial charge in [0, 0.05) is 66.7 Å². The summed E-state index contributed by atoms with van der Waals surface area (Å²) in [5, 5.41) is 4.61. The Bertz CT molecular complexity index is 1340. The second kappa shape index (κ2) is 7.02. The van der Waals surface area contributed by atoms with Crippen molar-refractivity contribution in [1.29, 1.82) is 0 Å².